The number of aryl methyl sites for hydroxylation is 1. The molecule has 1 aromatic heterocycles. The molecule has 108 valence electrons. The molecule has 0 saturated heterocycles. The van der Waals surface area contributed by atoms with Crippen LogP contribution in [-0.2, 0) is 0 Å². The van der Waals surface area contributed by atoms with E-state index in [0.29, 0.717) is 0 Å². The Bertz CT molecular complexity index is 851. The maximum atomic E-state index is 13.0. The van der Waals surface area contributed by atoms with Crippen LogP contribution in [0.15, 0.2) is 71.8 Å². The number of carbonyl (C=O) groups excluding carboxylic acids is 1. The number of rotatable bonds is 1. The van der Waals surface area contributed by atoms with Crippen LogP contribution >= 0.6 is 11.8 Å². The summed E-state index contributed by atoms with van der Waals surface area (Å²) in [7, 11) is 0. The molecule has 1 atom stereocenters. The van der Waals surface area contributed by atoms with Crippen molar-refractivity contribution in [1.82, 2.24) is 4.57 Å². The topological polar surface area (TPSA) is 22.0 Å². The first-order valence-corrected chi connectivity index (χ1v) is 8.16. The van der Waals surface area contributed by atoms with E-state index in [1.54, 1.807) is 11.8 Å². The lowest BCUT2D eigenvalue weighted by atomic mass is 10.1. The van der Waals surface area contributed by atoms with Crippen molar-refractivity contribution in [3.63, 3.8) is 0 Å². The van der Waals surface area contributed by atoms with Crippen LogP contribution < -0.4 is 0 Å². The summed E-state index contributed by atoms with van der Waals surface area (Å²) in [6.07, 6.45) is 1.97. The lowest BCUT2D eigenvalue weighted by Gasteiger charge is -2.13. The molecule has 0 radical (unpaired) electrons. The first-order valence-electron chi connectivity index (χ1n) is 7.28. The van der Waals surface area contributed by atoms with Gasteiger partial charge in [-0.25, -0.2) is 0 Å². The zero-order valence-electron chi connectivity index (χ0n) is 12.2. The van der Waals surface area contributed by atoms with E-state index in [0.717, 1.165) is 21.8 Å². The molecule has 0 fully saturated rings. The highest BCUT2D eigenvalue weighted by Crippen LogP contribution is 2.43. The van der Waals surface area contributed by atoms with E-state index in [4.69, 9.17) is 0 Å². The highest BCUT2D eigenvalue weighted by atomic mass is 32.2. The minimum absolute atomic E-state index is 0.162. The Labute approximate surface area is 133 Å². The van der Waals surface area contributed by atoms with Crippen LogP contribution in [0.2, 0.25) is 0 Å². The monoisotopic (exact) mass is 305 g/mol. The number of carbonyl (C=O) groups is 1. The molecule has 1 unspecified atom stereocenters. The second-order valence-electron chi connectivity index (χ2n) is 5.51. The standard InChI is InChI=1S/C19H15NOS/c1-13-9-10-15-17(12-13)22-19(14-6-3-2-4-7-14)18(21)16-8-5-11-20(15)16/h2-12,19H,1H3. The van der Waals surface area contributed by atoms with Gasteiger partial charge in [0.2, 0.25) is 0 Å². The van der Waals surface area contributed by atoms with Crippen LogP contribution in [0, 0.1) is 6.92 Å². The first-order chi connectivity index (χ1) is 10.7. The second kappa shape index (κ2) is 5.18. The number of ketones is 1. The molecule has 3 aromatic rings. The predicted octanol–water partition coefficient (Wildman–Crippen LogP) is 4.82. The number of nitrogens with zero attached hydrogens (tertiary/aromatic N) is 1. The molecule has 2 aromatic carbocycles. The molecular formula is C19H15NOS. The summed E-state index contributed by atoms with van der Waals surface area (Å²) in [5, 5.41) is -0.196. The Morgan fingerprint density at radius 2 is 1.82 bits per heavy atom. The molecule has 0 saturated carbocycles. The van der Waals surface area contributed by atoms with Gasteiger partial charge in [-0.05, 0) is 42.3 Å². The average Bonchev–Trinajstić information content (AvgIpc) is 2.98. The van der Waals surface area contributed by atoms with Gasteiger partial charge in [-0.2, -0.15) is 0 Å². The molecule has 0 spiro atoms. The van der Waals surface area contributed by atoms with Crippen LogP contribution in [0.5, 0.6) is 0 Å². The van der Waals surface area contributed by atoms with Crippen LogP contribution in [0.25, 0.3) is 5.69 Å². The fraction of sp³-hybridized carbons (Fsp3) is 0.105. The largest absolute Gasteiger partial charge is 0.313 e. The first kappa shape index (κ1) is 13.4. The molecule has 22 heavy (non-hydrogen) atoms. The minimum atomic E-state index is -0.196. The second-order valence-corrected chi connectivity index (χ2v) is 6.65. The highest BCUT2D eigenvalue weighted by Gasteiger charge is 2.30. The number of thioether (sulfide) groups is 1. The molecule has 1 aliphatic heterocycles. The summed E-state index contributed by atoms with van der Waals surface area (Å²) in [5.74, 6) is 0.162. The molecule has 0 N–H and O–H groups in total. The van der Waals surface area contributed by atoms with Gasteiger partial charge < -0.3 is 4.57 Å². The molecule has 1 aliphatic rings. The summed E-state index contributed by atoms with van der Waals surface area (Å²) in [6, 6.07) is 20.2. The van der Waals surface area contributed by atoms with Gasteiger partial charge in [-0.15, -0.1) is 11.8 Å². The number of hydrogen-bond acceptors (Lipinski definition) is 2. The Kier molecular flexibility index (Phi) is 3.16. The van der Waals surface area contributed by atoms with Crippen molar-refractivity contribution in [1.29, 1.82) is 0 Å². The Balaban J connectivity index is 1.94. The fourth-order valence-corrected chi connectivity index (χ4v) is 4.18. The molecule has 2 heterocycles. The lowest BCUT2D eigenvalue weighted by Crippen LogP contribution is -2.11. The van der Waals surface area contributed by atoms with E-state index in [-0.39, 0.29) is 11.0 Å². The van der Waals surface area contributed by atoms with E-state index in [2.05, 4.69) is 25.1 Å². The van der Waals surface area contributed by atoms with Gasteiger partial charge in [0.1, 0.15) is 0 Å². The number of hydrogen-bond donors (Lipinski definition) is 0. The van der Waals surface area contributed by atoms with Crippen molar-refractivity contribution in [2.45, 2.75) is 17.1 Å². The van der Waals surface area contributed by atoms with Crippen LogP contribution in [0.1, 0.15) is 26.9 Å². The van der Waals surface area contributed by atoms with Gasteiger partial charge >= 0.3 is 0 Å². The van der Waals surface area contributed by atoms with Gasteiger partial charge in [0, 0.05) is 11.1 Å². The average molecular weight is 305 g/mol. The van der Waals surface area contributed by atoms with Gasteiger partial charge in [0.25, 0.3) is 0 Å². The number of aromatic nitrogens is 1. The van der Waals surface area contributed by atoms with E-state index < -0.39 is 0 Å². The maximum absolute atomic E-state index is 13.0. The Morgan fingerprint density at radius 3 is 2.64 bits per heavy atom. The molecule has 0 amide bonds. The zero-order chi connectivity index (χ0) is 15.1. The predicted molar refractivity (Wildman–Crippen MR) is 89.9 cm³/mol. The normalized spacial score (nSPS) is 16.8. The maximum Gasteiger partial charge on any atom is 0.197 e. The minimum Gasteiger partial charge on any atom is -0.313 e. The van der Waals surface area contributed by atoms with E-state index in [1.165, 1.54) is 5.56 Å². The SMILES string of the molecule is Cc1ccc2c(c1)SC(c1ccccc1)C(=O)c1cccn1-2. The summed E-state index contributed by atoms with van der Waals surface area (Å²) < 4.78 is 2.01. The fourth-order valence-electron chi connectivity index (χ4n) is 2.87. The van der Waals surface area contributed by atoms with Crippen molar-refractivity contribution in [3.05, 3.63) is 83.7 Å². The molecule has 0 aliphatic carbocycles. The van der Waals surface area contributed by atoms with Gasteiger partial charge in [0.05, 0.1) is 16.6 Å². The van der Waals surface area contributed by atoms with Gasteiger partial charge in [-0.3, -0.25) is 4.79 Å². The summed E-state index contributed by atoms with van der Waals surface area (Å²) in [6.45, 7) is 2.08. The van der Waals surface area contributed by atoms with Crippen molar-refractivity contribution >= 4 is 17.5 Å². The molecule has 3 heteroatoms. The van der Waals surface area contributed by atoms with Crippen molar-refractivity contribution in [3.8, 4) is 5.69 Å². The van der Waals surface area contributed by atoms with Gasteiger partial charge in [-0.1, -0.05) is 36.4 Å². The van der Waals surface area contributed by atoms with E-state index in [9.17, 15) is 4.79 Å². The molecule has 2 nitrogen and oxygen atoms in total. The summed E-state index contributed by atoms with van der Waals surface area (Å²) >= 11 is 1.64. The van der Waals surface area contributed by atoms with E-state index in [1.807, 2.05) is 53.2 Å². The van der Waals surface area contributed by atoms with Crippen molar-refractivity contribution < 1.29 is 4.79 Å². The van der Waals surface area contributed by atoms with Crippen LogP contribution in [0.4, 0.5) is 0 Å². The third kappa shape index (κ3) is 2.09. The van der Waals surface area contributed by atoms with E-state index >= 15 is 0 Å². The third-order valence-corrected chi connectivity index (χ3v) is 5.26. The molecular weight excluding hydrogens is 290 g/mol. The smallest absolute Gasteiger partial charge is 0.197 e. The zero-order valence-corrected chi connectivity index (χ0v) is 13.0. The molecule has 0 bridgehead atoms. The molecule has 4 rings (SSSR count). The Morgan fingerprint density at radius 1 is 1.00 bits per heavy atom. The highest BCUT2D eigenvalue weighted by molar-refractivity contribution is 8.00. The van der Waals surface area contributed by atoms with Gasteiger partial charge in [0.15, 0.2) is 5.78 Å². The number of Topliss-reactive ketones (excluding diaryl/α,β-unsaturated/α-hetero) is 1. The third-order valence-electron chi connectivity index (χ3n) is 3.96. The van der Waals surface area contributed by atoms with Crippen LogP contribution in [0.3, 0.4) is 0 Å². The lowest BCUT2D eigenvalue weighted by molar-refractivity contribution is 0.0984. The van der Waals surface area contributed by atoms with Crippen molar-refractivity contribution in [2.24, 2.45) is 0 Å². The number of benzene rings is 2. The quantitative estimate of drug-likeness (QED) is 0.643. The number of fused-ring (bicyclic) bond motifs is 3. The summed E-state index contributed by atoms with van der Waals surface area (Å²) in [4.78, 5) is 14.2. The Hall–Kier alpha value is -2.26. The summed E-state index contributed by atoms with van der Waals surface area (Å²) in [5.41, 5.74) is 4.10. The van der Waals surface area contributed by atoms with Crippen LogP contribution in [-0.4, -0.2) is 10.4 Å². The van der Waals surface area contributed by atoms with Crippen molar-refractivity contribution in [2.75, 3.05) is 0 Å².